The number of β-amino-alcohol motifs (C(OH)–C–C–N with tert-alkyl or cyclic N) is 1. The molecule has 16 heavy (non-hydrogen) atoms. The Morgan fingerprint density at radius 1 is 1.38 bits per heavy atom. The predicted molar refractivity (Wildman–Crippen MR) is 62.8 cm³/mol. The van der Waals surface area contributed by atoms with E-state index in [1.165, 1.54) is 0 Å². The van der Waals surface area contributed by atoms with E-state index in [2.05, 4.69) is 6.07 Å². The fourth-order valence-corrected chi connectivity index (χ4v) is 1.93. The van der Waals surface area contributed by atoms with Crippen LogP contribution in [0.25, 0.3) is 0 Å². The first-order chi connectivity index (χ1) is 7.61. The van der Waals surface area contributed by atoms with E-state index >= 15 is 0 Å². The van der Waals surface area contributed by atoms with Crippen molar-refractivity contribution < 1.29 is 5.11 Å². The topological polar surface area (TPSA) is 99.3 Å². The third-order valence-corrected chi connectivity index (χ3v) is 2.83. The van der Waals surface area contributed by atoms with Crippen LogP contribution in [-0.2, 0) is 0 Å². The molecule has 0 radical (unpaired) electrons. The molecule has 1 fully saturated rings. The molecule has 1 atom stereocenters. The van der Waals surface area contributed by atoms with E-state index in [-0.39, 0.29) is 6.10 Å². The molecule has 0 spiro atoms. The molecule has 0 bridgehead atoms. The van der Waals surface area contributed by atoms with E-state index in [1.807, 2.05) is 4.90 Å². The van der Waals surface area contributed by atoms with Crippen LogP contribution < -0.4 is 16.4 Å². The molecule has 0 saturated carbocycles. The number of anilines is 3. The molecular weight excluding hydrogens is 204 g/mol. The molecule has 84 valence electrons. The zero-order valence-corrected chi connectivity index (χ0v) is 8.85. The van der Waals surface area contributed by atoms with Gasteiger partial charge < -0.3 is 21.5 Å². The smallest absolute Gasteiger partial charge is 0.101 e. The third-order valence-electron chi connectivity index (χ3n) is 2.83. The Morgan fingerprint density at radius 3 is 2.62 bits per heavy atom. The van der Waals surface area contributed by atoms with Crippen molar-refractivity contribution in [1.82, 2.24) is 0 Å². The second-order valence-corrected chi connectivity index (χ2v) is 4.00. The highest BCUT2D eigenvalue weighted by atomic mass is 16.3. The fourth-order valence-electron chi connectivity index (χ4n) is 1.93. The van der Waals surface area contributed by atoms with Gasteiger partial charge in [0.25, 0.3) is 0 Å². The van der Waals surface area contributed by atoms with Gasteiger partial charge in [0.2, 0.25) is 0 Å². The van der Waals surface area contributed by atoms with Crippen molar-refractivity contribution >= 4 is 17.1 Å². The summed E-state index contributed by atoms with van der Waals surface area (Å²) in [5.41, 5.74) is 13.5. The zero-order chi connectivity index (χ0) is 11.7. The summed E-state index contributed by atoms with van der Waals surface area (Å²) in [5.74, 6) is 0. The highest BCUT2D eigenvalue weighted by molar-refractivity contribution is 5.75. The van der Waals surface area contributed by atoms with Crippen LogP contribution >= 0.6 is 0 Å². The van der Waals surface area contributed by atoms with Gasteiger partial charge in [-0.2, -0.15) is 5.26 Å². The number of nitrogens with zero attached hydrogens (tertiary/aromatic N) is 2. The molecule has 1 aromatic carbocycles. The van der Waals surface area contributed by atoms with E-state index in [9.17, 15) is 5.11 Å². The number of nitrogens with two attached hydrogens (primary N) is 2. The first-order valence-electron chi connectivity index (χ1n) is 5.14. The second-order valence-electron chi connectivity index (χ2n) is 4.00. The minimum absolute atomic E-state index is 0.328. The fraction of sp³-hybridized carbons (Fsp3) is 0.364. The van der Waals surface area contributed by atoms with Gasteiger partial charge in [0.15, 0.2) is 0 Å². The molecule has 5 heteroatoms. The molecule has 0 amide bonds. The normalized spacial score (nSPS) is 19.8. The molecule has 0 unspecified atom stereocenters. The highest BCUT2D eigenvalue weighted by Gasteiger charge is 2.23. The number of rotatable bonds is 1. The van der Waals surface area contributed by atoms with Crippen molar-refractivity contribution in [3.8, 4) is 6.07 Å². The van der Waals surface area contributed by atoms with Crippen molar-refractivity contribution in [3.05, 3.63) is 17.7 Å². The van der Waals surface area contributed by atoms with Gasteiger partial charge in [-0.25, -0.2) is 0 Å². The number of aliphatic hydroxyl groups is 1. The quantitative estimate of drug-likeness (QED) is 0.588. The number of hydrogen-bond acceptors (Lipinski definition) is 5. The lowest BCUT2D eigenvalue weighted by atomic mass is 10.1. The Labute approximate surface area is 93.9 Å². The minimum atomic E-state index is -0.328. The van der Waals surface area contributed by atoms with Crippen LogP contribution in [0.2, 0.25) is 0 Å². The van der Waals surface area contributed by atoms with Crippen molar-refractivity contribution in [3.63, 3.8) is 0 Å². The molecular formula is C11H14N4O. The lowest BCUT2D eigenvalue weighted by Gasteiger charge is -2.20. The van der Waals surface area contributed by atoms with Crippen molar-refractivity contribution in [2.24, 2.45) is 0 Å². The molecule has 1 saturated heterocycles. The molecule has 0 aromatic heterocycles. The number of aliphatic hydroxyl groups excluding tert-OH is 1. The van der Waals surface area contributed by atoms with Gasteiger partial charge in [0.05, 0.1) is 28.7 Å². The van der Waals surface area contributed by atoms with Crippen LogP contribution in [0.5, 0.6) is 0 Å². The molecule has 5 N–H and O–H groups in total. The maximum Gasteiger partial charge on any atom is 0.101 e. The third kappa shape index (κ3) is 1.75. The Kier molecular flexibility index (Phi) is 2.59. The Morgan fingerprint density at radius 2 is 2.06 bits per heavy atom. The largest absolute Gasteiger partial charge is 0.397 e. The van der Waals surface area contributed by atoms with Gasteiger partial charge in [-0.3, -0.25) is 0 Å². The molecule has 1 aromatic rings. The number of nitrogen functional groups attached to an aromatic ring is 2. The van der Waals surface area contributed by atoms with Gasteiger partial charge in [0, 0.05) is 13.1 Å². The van der Waals surface area contributed by atoms with Crippen LogP contribution in [0.15, 0.2) is 12.1 Å². The van der Waals surface area contributed by atoms with Crippen LogP contribution in [0.4, 0.5) is 17.1 Å². The first-order valence-corrected chi connectivity index (χ1v) is 5.14. The lowest BCUT2D eigenvalue weighted by Crippen LogP contribution is -2.22. The van der Waals surface area contributed by atoms with Crippen LogP contribution in [0.1, 0.15) is 12.0 Å². The number of nitriles is 1. The summed E-state index contributed by atoms with van der Waals surface area (Å²) >= 11 is 0. The van der Waals surface area contributed by atoms with Crippen molar-refractivity contribution in [2.75, 3.05) is 29.5 Å². The molecule has 0 aliphatic carbocycles. The monoisotopic (exact) mass is 218 g/mol. The predicted octanol–water partition coefficient (Wildman–Crippen LogP) is 0.294. The van der Waals surface area contributed by atoms with Gasteiger partial charge >= 0.3 is 0 Å². The Balaban J connectivity index is 2.40. The first kappa shape index (κ1) is 10.6. The maximum atomic E-state index is 9.47. The van der Waals surface area contributed by atoms with Gasteiger partial charge in [0.1, 0.15) is 6.07 Å². The van der Waals surface area contributed by atoms with E-state index in [4.69, 9.17) is 16.7 Å². The summed E-state index contributed by atoms with van der Waals surface area (Å²) in [6, 6.07) is 5.38. The maximum absolute atomic E-state index is 9.47. The molecule has 1 aliphatic rings. The van der Waals surface area contributed by atoms with Crippen LogP contribution in [0.3, 0.4) is 0 Å². The standard InChI is InChI=1S/C11H14N4O/c12-5-7-3-9(13)10(14)4-11(7)15-2-1-8(16)6-15/h3-4,8,16H,1-2,6,13-14H2/t8-/m0/s1. The van der Waals surface area contributed by atoms with E-state index < -0.39 is 0 Å². The SMILES string of the molecule is N#Cc1cc(N)c(N)cc1N1CC[C@H](O)C1. The summed E-state index contributed by atoms with van der Waals surface area (Å²) in [4.78, 5) is 1.96. The molecule has 1 heterocycles. The van der Waals surface area contributed by atoms with Gasteiger partial charge in [-0.05, 0) is 18.6 Å². The average molecular weight is 218 g/mol. The van der Waals surface area contributed by atoms with E-state index in [0.29, 0.717) is 23.5 Å². The van der Waals surface area contributed by atoms with Crippen molar-refractivity contribution in [1.29, 1.82) is 5.26 Å². The second kappa shape index (κ2) is 3.91. The summed E-state index contributed by atoms with van der Waals surface area (Å²) in [7, 11) is 0. The van der Waals surface area contributed by atoms with E-state index in [0.717, 1.165) is 18.7 Å². The van der Waals surface area contributed by atoms with Gasteiger partial charge in [-0.15, -0.1) is 0 Å². The molecule has 1 aliphatic heterocycles. The minimum Gasteiger partial charge on any atom is -0.397 e. The Bertz CT molecular complexity index is 452. The van der Waals surface area contributed by atoms with Gasteiger partial charge in [-0.1, -0.05) is 0 Å². The highest BCUT2D eigenvalue weighted by Crippen LogP contribution is 2.30. The van der Waals surface area contributed by atoms with E-state index in [1.54, 1.807) is 12.1 Å². The summed E-state index contributed by atoms with van der Waals surface area (Å²) in [6.45, 7) is 1.28. The zero-order valence-electron chi connectivity index (χ0n) is 8.85. The average Bonchev–Trinajstić information content (AvgIpc) is 2.68. The summed E-state index contributed by atoms with van der Waals surface area (Å²) < 4.78 is 0. The summed E-state index contributed by atoms with van der Waals surface area (Å²) in [5, 5.41) is 18.5. The number of hydrogen-bond donors (Lipinski definition) is 3. The van der Waals surface area contributed by atoms with Crippen LogP contribution in [0, 0.1) is 11.3 Å². The van der Waals surface area contributed by atoms with Crippen molar-refractivity contribution in [2.45, 2.75) is 12.5 Å². The Hall–Kier alpha value is -1.93. The van der Waals surface area contributed by atoms with Crippen LogP contribution in [-0.4, -0.2) is 24.3 Å². The lowest BCUT2D eigenvalue weighted by molar-refractivity contribution is 0.198. The summed E-state index contributed by atoms with van der Waals surface area (Å²) in [6.07, 6.45) is 0.389. The molecule has 2 rings (SSSR count). The number of benzene rings is 1. The molecule has 5 nitrogen and oxygen atoms in total.